The maximum atomic E-state index is 4.06. The number of aromatic nitrogens is 2. The largest absolute Gasteiger partial charge is 0.333 e. The molecule has 1 saturated heterocycles. The minimum Gasteiger partial charge on any atom is -0.333 e. The van der Waals surface area contributed by atoms with Crippen molar-refractivity contribution in [3.63, 3.8) is 0 Å². The van der Waals surface area contributed by atoms with Gasteiger partial charge in [-0.2, -0.15) is 0 Å². The fourth-order valence-corrected chi connectivity index (χ4v) is 4.18. The van der Waals surface area contributed by atoms with Gasteiger partial charge in [-0.15, -0.1) is 0 Å². The molecule has 3 heteroatoms. The van der Waals surface area contributed by atoms with E-state index in [1.54, 1.807) is 0 Å². The maximum absolute atomic E-state index is 4.06. The highest BCUT2D eigenvalue weighted by Gasteiger charge is 2.12. The number of imidazole rings is 1. The van der Waals surface area contributed by atoms with Gasteiger partial charge in [0, 0.05) is 18.7 Å². The van der Waals surface area contributed by atoms with Crippen LogP contribution in [0.5, 0.6) is 0 Å². The third-order valence-corrected chi connectivity index (χ3v) is 5.00. The van der Waals surface area contributed by atoms with Crippen molar-refractivity contribution in [3.05, 3.63) is 18.7 Å². The summed E-state index contributed by atoms with van der Waals surface area (Å²) >= 11 is 0. The highest BCUT2D eigenvalue weighted by atomic mass is 31.1. The zero-order chi connectivity index (χ0) is 8.23. The van der Waals surface area contributed by atoms with E-state index in [0.717, 1.165) is 0 Å². The lowest BCUT2D eigenvalue weighted by atomic mass is 10.3. The molecule has 0 atom stereocenters. The van der Waals surface area contributed by atoms with Crippen LogP contribution in [-0.2, 0) is 6.29 Å². The molecule has 0 aromatic carbocycles. The molecular weight excluding hydrogens is 167 g/mol. The van der Waals surface area contributed by atoms with Crippen LogP contribution in [0.3, 0.4) is 0 Å². The summed E-state index contributed by atoms with van der Waals surface area (Å²) in [5, 5.41) is 0. The summed E-state index contributed by atoms with van der Waals surface area (Å²) < 4.78 is 2.23. The zero-order valence-corrected chi connectivity index (χ0v) is 8.21. The SMILES string of the molecule is c1cn(CP2CCCCC2)cn1. The van der Waals surface area contributed by atoms with E-state index in [9.17, 15) is 0 Å². The Bertz CT molecular complexity index is 214. The highest BCUT2D eigenvalue weighted by Crippen LogP contribution is 2.42. The number of hydrogen-bond acceptors (Lipinski definition) is 1. The van der Waals surface area contributed by atoms with Gasteiger partial charge in [-0.1, -0.05) is 14.3 Å². The molecule has 0 aliphatic carbocycles. The third-order valence-electron chi connectivity index (χ3n) is 2.37. The minimum atomic E-state index is 0.301. The Kier molecular flexibility index (Phi) is 2.78. The van der Waals surface area contributed by atoms with Crippen molar-refractivity contribution in [2.75, 3.05) is 12.3 Å². The summed E-state index contributed by atoms with van der Waals surface area (Å²) in [5.41, 5.74) is 0. The standard InChI is InChI=1S/C9H15N2P/c1-2-6-12(7-3-1)9-11-5-4-10-8-11/h4-5,8H,1-3,6-7,9H2. The first-order valence-corrected chi connectivity index (χ1v) is 6.53. The summed E-state index contributed by atoms with van der Waals surface area (Å²) in [7, 11) is 0.301. The molecule has 1 aliphatic heterocycles. The molecule has 2 heterocycles. The molecule has 2 rings (SSSR count). The molecule has 0 amide bonds. The lowest BCUT2D eigenvalue weighted by molar-refractivity contribution is 0.739. The third kappa shape index (κ3) is 2.07. The molecule has 0 radical (unpaired) electrons. The highest BCUT2D eigenvalue weighted by molar-refractivity contribution is 7.56. The van der Waals surface area contributed by atoms with Gasteiger partial charge >= 0.3 is 0 Å². The van der Waals surface area contributed by atoms with E-state index in [2.05, 4.69) is 15.7 Å². The molecule has 0 bridgehead atoms. The van der Waals surface area contributed by atoms with E-state index >= 15 is 0 Å². The topological polar surface area (TPSA) is 17.8 Å². The zero-order valence-electron chi connectivity index (χ0n) is 7.32. The lowest BCUT2D eigenvalue weighted by Crippen LogP contribution is -2.04. The lowest BCUT2D eigenvalue weighted by Gasteiger charge is -2.22. The monoisotopic (exact) mass is 182 g/mol. The van der Waals surface area contributed by atoms with E-state index in [1.807, 2.05) is 12.5 Å². The average Bonchev–Trinajstić information content (AvgIpc) is 2.59. The van der Waals surface area contributed by atoms with Gasteiger partial charge in [-0.05, 0) is 25.2 Å². The molecular formula is C9H15N2P. The Morgan fingerprint density at radius 3 is 2.75 bits per heavy atom. The summed E-state index contributed by atoms with van der Waals surface area (Å²) in [6, 6.07) is 0. The summed E-state index contributed by atoms with van der Waals surface area (Å²) in [4.78, 5) is 4.06. The van der Waals surface area contributed by atoms with Crippen molar-refractivity contribution in [3.8, 4) is 0 Å². The number of nitrogens with zero attached hydrogens (tertiary/aromatic N) is 2. The minimum absolute atomic E-state index is 0.301. The van der Waals surface area contributed by atoms with E-state index < -0.39 is 0 Å². The molecule has 0 unspecified atom stereocenters. The quantitative estimate of drug-likeness (QED) is 0.642. The van der Waals surface area contributed by atoms with Crippen molar-refractivity contribution in [2.45, 2.75) is 25.5 Å². The molecule has 1 aromatic heterocycles. The summed E-state index contributed by atoms with van der Waals surface area (Å²) in [6.45, 7) is 0. The predicted octanol–water partition coefficient (Wildman–Crippen LogP) is 2.51. The van der Waals surface area contributed by atoms with Crippen LogP contribution in [0.25, 0.3) is 0 Å². The normalized spacial score (nSPS) is 19.7. The van der Waals surface area contributed by atoms with E-state index in [-0.39, 0.29) is 0 Å². The molecule has 12 heavy (non-hydrogen) atoms. The van der Waals surface area contributed by atoms with Gasteiger partial charge in [0.15, 0.2) is 0 Å². The molecule has 2 nitrogen and oxygen atoms in total. The van der Waals surface area contributed by atoms with E-state index in [1.165, 1.54) is 37.9 Å². The Morgan fingerprint density at radius 1 is 1.25 bits per heavy atom. The van der Waals surface area contributed by atoms with Gasteiger partial charge < -0.3 is 4.57 Å². The molecule has 0 saturated carbocycles. The fraction of sp³-hybridized carbons (Fsp3) is 0.667. The average molecular weight is 182 g/mol. The van der Waals surface area contributed by atoms with Crippen LogP contribution in [-0.4, -0.2) is 21.9 Å². The van der Waals surface area contributed by atoms with Crippen LogP contribution < -0.4 is 0 Å². The van der Waals surface area contributed by atoms with Crippen LogP contribution in [0.1, 0.15) is 19.3 Å². The van der Waals surface area contributed by atoms with Crippen molar-refractivity contribution < 1.29 is 0 Å². The fourth-order valence-electron chi connectivity index (χ4n) is 1.70. The Morgan fingerprint density at radius 2 is 2.08 bits per heavy atom. The molecule has 0 N–H and O–H groups in total. The molecule has 1 fully saturated rings. The van der Waals surface area contributed by atoms with E-state index in [0.29, 0.717) is 7.92 Å². The first-order chi connectivity index (χ1) is 5.95. The van der Waals surface area contributed by atoms with E-state index in [4.69, 9.17) is 0 Å². The summed E-state index contributed by atoms with van der Waals surface area (Å²) in [5.74, 6) is 0. The second kappa shape index (κ2) is 4.04. The van der Waals surface area contributed by atoms with Gasteiger partial charge in [0.2, 0.25) is 0 Å². The summed E-state index contributed by atoms with van der Waals surface area (Å²) in [6.07, 6.45) is 14.5. The smallest absolute Gasteiger partial charge is 0.0949 e. The molecule has 1 aromatic rings. The van der Waals surface area contributed by atoms with Gasteiger partial charge in [-0.3, -0.25) is 0 Å². The van der Waals surface area contributed by atoms with Crippen LogP contribution in [0.2, 0.25) is 0 Å². The van der Waals surface area contributed by atoms with Gasteiger partial charge in [-0.25, -0.2) is 4.98 Å². The van der Waals surface area contributed by atoms with Crippen LogP contribution >= 0.6 is 7.92 Å². The van der Waals surface area contributed by atoms with Crippen molar-refractivity contribution in [1.29, 1.82) is 0 Å². The number of rotatable bonds is 2. The molecule has 1 aliphatic rings. The Hall–Kier alpha value is -0.360. The number of hydrogen-bond donors (Lipinski definition) is 0. The van der Waals surface area contributed by atoms with Crippen molar-refractivity contribution in [1.82, 2.24) is 9.55 Å². The second-order valence-corrected chi connectivity index (χ2v) is 5.92. The van der Waals surface area contributed by atoms with Crippen LogP contribution in [0.4, 0.5) is 0 Å². The molecule has 0 spiro atoms. The van der Waals surface area contributed by atoms with Gasteiger partial charge in [0.1, 0.15) is 0 Å². The predicted molar refractivity (Wildman–Crippen MR) is 52.7 cm³/mol. The Balaban J connectivity index is 1.86. The van der Waals surface area contributed by atoms with Crippen LogP contribution in [0.15, 0.2) is 18.7 Å². The Labute approximate surface area is 74.8 Å². The first-order valence-electron chi connectivity index (χ1n) is 4.63. The van der Waals surface area contributed by atoms with Gasteiger partial charge in [0.25, 0.3) is 0 Å². The van der Waals surface area contributed by atoms with Crippen molar-refractivity contribution >= 4 is 7.92 Å². The van der Waals surface area contributed by atoms with Crippen LogP contribution in [0, 0.1) is 0 Å². The van der Waals surface area contributed by atoms with Crippen molar-refractivity contribution in [2.24, 2.45) is 0 Å². The maximum Gasteiger partial charge on any atom is 0.0949 e. The van der Waals surface area contributed by atoms with Gasteiger partial charge in [0.05, 0.1) is 6.33 Å². The molecule has 66 valence electrons. The second-order valence-electron chi connectivity index (χ2n) is 3.40. The first kappa shape index (κ1) is 8.25.